The van der Waals surface area contributed by atoms with Crippen LogP contribution >= 0.6 is 46.4 Å². The van der Waals surface area contributed by atoms with Gasteiger partial charge < -0.3 is 19.0 Å². The van der Waals surface area contributed by atoms with E-state index in [0.717, 1.165) is 24.2 Å². The van der Waals surface area contributed by atoms with Gasteiger partial charge in [0, 0.05) is 12.1 Å². The van der Waals surface area contributed by atoms with E-state index in [1.165, 1.54) is 13.2 Å². The number of benzene rings is 2. The highest BCUT2D eigenvalue weighted by atomic mass is 35.5. The number of rotatable bonds is 12. The molecule has 0 saturated heterocycles. The van der Waals surface area contributed by atoms with Gasteiger partial charge in [0.2, 0.25) is 0 Å². The molecule has 31 heavy (non-hydrogen) atoms. The van der Waals surface area contributed by atoms with Gasteiger partial charge in [-0.25, -0.2) is 0 Å². The third kappa shape index (κ3) is 9.48. The molecule has 0 fully saturated rings. The van der Waals surface area contributed by atoms with Gasteiger partial charge in [-0.15, -0.1) is 0 Å². The summed E-state index contributed by atoms with van der Waals surface area (Å²) < 4.78 is 17.3. The van der Waals surface area contributed by atoms with Crippen molar-refractivity contribution in [3.05, 3.63) is 62.6 Å². The molecule has 0 amide bonds. The second kappa shape index (κ2) is 13.6. The third-order valence-corrected chi connectivity index (χ3v) is 4.86. The highest BCUT2D eigenvalue weighted by Crippen LogP contribution is 2.38. The summed E-state index contributed by atoms with van der Waals surface area (Å²) in [6.07, 6.45) is 4.61. The van der Waals surface area contributed by atoms with E-state index in [4.69, 9.17) is 60.6 Å². The lowest BCUT2D eigenvalue weighted by Gasteiger charge is -2.18. The number of halogens is 4. The number of oxime groups is 1. The Bertz CT molecular complexity index is 861. The van der Waals surface area contributed by atoms with Gasteiger partial charge in [-0.05, 0) is 55.7 Å². The number of hydrogen-bond acceptors (Lipinski definition) is 5. The maximum atomic E-state index is 6.31. The highest BCUT2D eigenvalue weighted by Gasteiger charge is 2.14. The fourth-order valence-electron chi connectivity index (χ4n) is 2.52. The summed E-state index contributed by atoms with van der Waals surface area (Å²) in [5.74, 6) is 1.70. The van der Waals surface area contributed by atoms with E-state index in [9.17, 15) is 0 Å². The Morgan fingerprint density at radius 2 is 1.71 bits per heavy atom. The van der Waals surface area contributed by atoms with Gasteiger partial charge in [-0.1, -0.05) is 51.6 Å². The van der Waals surface area contributed by atoms with Gasteiger partial charge in [-0.3, -0.25) is 0 Å². The second-order valence-electron chi connectivity index (χ2n) is 6.43. The zero-order valence-electron chi connectivity index (χ0n) is 17.1. The van der Waals surface area contributed by atoms with Gasteiger partial charge >= 0.3 is 0 Å². The lowest BCUT2D eigenvalue weighted by Crippen LogP contribution is -2.14. The minimum Gasteiger partial charge on any atom is -0.494 e. The van der Waals surface area contributed by atoms with Crippen molar-refractivity contribution >= 4 is 52.6 Å². The van der Waals surface area contributed by atoms with E-state index in [0.29, 0.717) is 28.2 Å². The third-order valence-electron chi connectivity index (χ3n) is 3.99. The van der Waals surface area contributed by atoms with Crippen LogP contribution in [0.25, 0.3) is 0 Å². The average molecular weight is 507 g/mol. The Labute approximate surface area is 202 Å². The van der Waals surface area contributed by atoms with Crippen molar-refractivity contribution < 1.29 is 19.0 Å². The molecule has 2 rings (SSSR count). The molecule has 0 radical (unpaired) electrons. The molecule has 0 bridgehead atoms. The van der Waals surface area contributed by atoms with Crippen molar-refractivity contribution in [3.8, 4) is 17.2 Å². The smallest absolute Gasteiger partial charge is 0.157 e. The van der Waals surface area contributed by atoms with Crippen molar-refractivity contribution in [1.82, 2.24) is 0 Å². The van der Waals surface area contributed by atoms with E-state index in [1.54, 1.807) is 18.3 Å². The van der Waals surface area contributed by atoms with Crippen LogP contribution in [0.3, 0.4) is 0 Å². The first-order valence-electron chi connectivity index (χ1n) is 9.48. The molecule has 1 atom stereocenters. The second-order valence-corrected chi connectivity index (χ2v) is 8.25. The van der Waals surface area contributed by atoms with Crippen LogP contribution in [-0.4, -0.2) is 32.6 Å². The summed E-state index contributed by atoms with van der Waals surface area (Å²) in [4.78, 5) is 4.66. The molecule has 2 aromatic carbocycles. The minimum absolute atomic E-state index is 0.101. The van der Waals surface area contributed by atoms with Crippen LogP contribution in [0.15, 0.2) is 52.1 Å². The Balaban J connectivity index is 1.78. The molecule has 2 aromatic rings. The van der Waals surface area contributed by atoms with E-state index in [1.807, 2.05) is 31.2 Å². The summed E-state index contributed by atoms with van der Waals surface area (Å²) in [5, 5.41) is 4.45. The lowest BCUT2D eigenvalue weighted by atomic mass is 10.2. The molecular formula is C22H23Cl4NO4. The van der Waals surface area contributed by atoms with Crippen molar-refractivity contribution in [2.24, 2.45) is 5.16 Å². The molecule has 0 heterocycles. The van der Waals surface area contributed by atoms with E-state index < -0.39 is 0 Å². The van der Waals surface area contributed by atoms with Gasteiger partial charge in [0.1, 0.15) is 29.7 Å². The fourth-order valence-corrected chi connectivity index (χ4v) is 3.20. The number of hydrogen-bond donors (Lipinski definition) is 0. The Kier molecular flexibility index (Phi) is 11.2. The van der Waals surface area contributed by atoms with Crippen LogP contribution in [0.5, 0.6) is 17.2 Å². The average Bonchev–Trinajstić information content (AvgIpc) is 2.73. The van der Waals surface area contributed by atoms with E-state index >= 15 is 0 Å². The van der Waals surface area contributed by atoms with Crippen LogP contribution in [0.2, 0.25) is 10.0 Å². The number of ether oxygens (including phenoxy) is 3. The molecule has 0 aliphatic carbocycles. The van der Waals surface area contributed by atoms with Crippen LogP contribution in [0, 0.1) is 0 Å². The van der Waals surface area contributed by atoms with Crippen LogP contribution in [0.4, 0.5) is 0 Å². The molecular weight excluding hydrogens is 484 g/mol. The molecule has 9 heteroatoms. The van der Waals surface area contributed by atoms with E-state index in [-0.39, 0.29) is 17.2 Å². The quantitative estimate of drug-likeness (QED) is 0.172. The fraction of sp³-hybridized carbons (Fsp3) is 0.318. The summed E-state index contributed by atoms with van der Waals surface area (Å²) in [6, 6.07) is 10.8. The molecule has 0 spiro atoms. The zero-order valence-corrected chi connectivity index (χ0v) is 20.1. The van der Waals surface area contributed by atoms with Crippen LogP contribution in [0.1, 0.15) is 25.3 Å². The molecule has 1 unspecified atom stereocenters. The van der Waals surface area contributed by atoms with Gasteiger partial charge in [0.15, 0.2) is 5.75 Å². The van der Waals surface area contributed by atoms with Crippen molar-refractivity contribution in [3.63, 3.8) is 0 Å². The maximum absolute atomic E-state index is 6.31. The van der Waals surface area contributed by atoms with Crippen molar-refractivity contribution in [1.29, 1.82) is 0 Å². The van der Waals surface area contributed by atoms with Gasteiger partial charge in [-0.2, -0.15) is 0 Å². The standard InChI is InChI=1S/C22H23Cl4NO4/c1-15(4-3-10-29-17-7-5-16(6-8-17)14-27-28-2)31-22-19(23)12-18(13-20(22)24)30-11-9-21(25)26/h5-9,12-15H,3-4,10-11H2,1-2H3. The summed E-state index contributed by atoms with van der Waals surface area (Å²) in [5.41, 5.74) is 0.931. The Hall–Kier alpha value is -1.79. The highest BCUT2D eigenvalue weighted by molar-refractivity contribution is 6.55. The first-order valence-corrected chi connectivity index (χ1v) is 11.0. The molecule has 0 aliphatic heterocycles. The number of nitrogens with zero attached hydrogens (tertiary/aromatic N) is 1. The first-order chi connectivity index (χ1) is 14.9. The summed E-state index contributed by atoms with van der Waals surface area (Å²) >= 11 is 23.7. The maximum Gasteiger partial charge on any atom is 0.157 e. The summed E-state index contributed by atoms with van der Waals surface area (Å²) in [7, 11) is 1.50. The molecule has 0 aliphatic rings. The predicted molar refractivity (Wildman–Crippen MR) is 128 cm³/mol. The van der Waals surface area contributed by atoms with Crippen molar-refractivity contribution in [2.75, 3.05) is 20.3 Å². The largest absolute Gasteiger partial charge is 0.494 e. The molecule has 0 saturated carbocycles. The van der Waals surface area contributed by atoms with Crippen molar-refractivity contribution in [2.45, 2.75) is 25.9 Å². The molecule has 0 N–H and O–H groups in total. The molecule has 168 valence electrons. The van der Waals surface area contributed by atoms with Crippen LogP contribution < -0.4 is 14.2 Å². The van der Waals surface area contributed by atoms with Gasteiger partial charge in [0.25, 0.3) is 0 Å². The SMILES string of the molecule is CON=Cc1ccc(OCCCC(C)Oc2c(Cl)cc(OCC=C(Cl)Cl)cc2Cl)cc1. The Morgan fingerprint density at radius 3 is 2.32 bits per heavy atom. The Morgan fingerprint density at radius 1 is 1.03 bits per heavy atom. The topological polar surface area (TPSA) is 49.3 Å². The minimum atomic E-state index is -0.101. The summed E-state index contributed by atoms with van der Waals surface area (Å²) in [6.45, 7) is 2.72. The van der Waals surface area contributed by atoms with E-state index in [2.05, 4.69) is 9.99 Å². The normalized spacial score (nSPS) is 11.8. The molecule has 5 nitrogen and oxygen atoms in total. The first kappa shape index (κ1) is 25.5. The lowest BCUT2D eigenvalue weighted by molar-refractivity contribution is 0.193. The molecule has 0 aromatic heterocycles. The monoisotopic (exact) mass is 505 g/mol. The zero-order chi connectivity index (χ0) is 22.6. The van der Waals surface area contributed by atoms with Crippen LogP contribution in [-0.2, 0) is 4.84 Å². The van der Waals surface area contributed by atoms with Gasteiger partial charge in [0.05, 0.1) is 29.0 Å². The predicted octanol–water partition coefficient (Wildman–Crippen LogP) is 7.30.